The zero-order valence-corrected chi connectivity index (χ0v) is 23.2. The van der Waals surface area contributed by atoms with Gasteiger partial charge in [-0.25, -0.2) is 4.79 Å². The summed E-state index contributed by atoms with van der Waals surface area (Å²) in [5, 5.41) is 13.3. The number of alkyl halides is 3. The summed E-state index contributed by atoms with van der Waals surface area (Å²) in [5.74, 6) is -2.15. The van der Waals surface area contributed by atoms with Gasteiger partial charge in [-0.05, 0) is 61.6 Å². The highest BCUT2D eigenvalue weighted by Crippen LogP contribution is 2.41. The average Bonchev–Trinajstić information content (AvgIpc) is 2.97. The van der Waals surface area contributed by atoms with Crippen LogP contribution in [0, 0.1) is 0 Å². The van der Waals surface area contributed by atoms with E-state index in [4.69, 9.17) is 19.3 Å². The second-order valence-corrected chi connectivity index (χ2v) is 9.63. The molecule has 1 unspecified atom stereocenters. The van der Waals surface area contributed by atoms with Crippen molar-refractivity contribution in [3.05, 3.63) is 71.5 Å². The van der Waals surface area contributed by atoms with E-state index in [1.807, 2.05) is 11.4 Å². The van der Waals surface area contributed by atoms with Crippen LogP contribution in [0.25, 0.3) is 11.1 Å². The summed E-state index contributed by atoms with van der Waals surface area (Å²) in [6.45, 7) is 2.26. The fourth-order valence-electron chi connectivity index (χ4n) is 4.47. The summed E-state index contributed by atoms with van der Waals surface area (Å²) < 4.78 is 57.3. The van der Waals surface area contributed by atoms with E-state index in [9.17, 15) is 27.6 Å². The number of nitrogens with zero attached hydrogens (tertiary/aromatic N) is 1. The number of carboxylic acid groups (broad SMARTS) is 1. The molecular formula is C30H30F3N3O7. The number of ether oxygens (including phenoxy) is 3. The zero-order chi connectivity index (χ0) is 31.0. The van der Waals surface area contributed by atoms with Crippen LogP contribution in [0.2, 0.25) is 0 Å². The first-order valence-electron chi connectivity index (χ1n) is 13.5. The molecule has 228 valence electrons. The van der Waals surface area contributed by atoms with Crippen molar-refractivity contribution in [1.29, 1.82) is 0 Å². The molecule has 1 atom stereocenters. The van der Waals surface area contributed by atoms with Gasteiger partial charge in [-0.1, -0.05) is 18.2 Å². The minimum absolute atomic E-state index is 0.112. The molecule has 0 saturated carbocycles. The van der Waals surface area contributed by atoms with Gasteiger partial charge in [0.05, 0.1) is 42.3 Å². The van der Waals surface area contributed by atoms with Gasteiger partial charge in [-0.3, -0.25) is 19.9 Å². The number of amides is 2. The van der Waals surface area contributed by atoms with E-state index in [0.717, 1.165) is 30.9 Å². The average molecular weight is 602 g/mol. The molecule has 1 saturated heterocycles. The number of nitrogens with one attached hydrogen (secondary N) is 2. The van der Waals surface area contributed by atoms with Gasteiger partial charge in [0.1, 0.15) is 5.75 Å². The first-order chi connectivity index (χ1) is 20.5. The molecule has 0 aliphatic carbocycles. The molecule has 2 aromatic carbocycles. The highest BCUT2D eigenvalue weighted by atomic mass is 19.4. The molecule has 43 heavy (non-hydrogen) atoms. The van der Waals surface area contributed by atoms with Crippen molar-refractivity contribution in [2.75, 3.05) is 23.8 Å². The molecule has 1 aromatic heterocycles. The minimum atomic E-state index is -4.86. The van der Waals surface area contributed by atoms with Gasteiger partial charge in [0.25, 0.3) is 0 Å². The third-order valence-corrected chi connectivity index (χ3v) is 6.45. The molecule has 3 N–H and O–H groups in total. The van der Waals surface area contributed by atoms with Crippen molar-refractivity contribution in [1.82, 2.24) is 4.98 Å². The van der Waals surface area contributed by atoms with Gasteiger partial charge in [0, 0.05) is 24.4 Å². The van der Waals surface area contributed by atoms with E-state index < -0.39 is 47.4 Å². The Morgan fingerprint density at radius 3 is 2.51 bits per heavy atom. The molecule has 10 nitrogen and oxygen atoms in total. The fraction of sp³-hybridized carbons (Fsp3) is 0.333. The van der Waals surface area contributed by atoms with Crippen LogP contribution >= 0.6 is 0 Å². The summed E-state index contributed by atoms with van der Waals surface area (Å²) in [7, 11) is 0. The molecule has 2 amide bonds. The lowest BCUT2D eigenvalue weighted by Crippen LogP contribution is -2.22. The van der Waals surface area contributed by atoms with Crippen LogP contribution in [-0.4, -0.2) is 47.4 Å². The predicted octanol–water partition coefficient (Wildman–Crippen LogP) is 6.51. The van der Waals surface area contributed by atoms with E-state index in [0.29, 0.717) is 23.9 Å². The van der Waals surface area contributed by atoms with Crippen LogP contribution in [0.4, 0.5) is 29.3 Å². The number of anilines is 2. The molecule has 1 aliphatic heterocycles. The number of carbonyl (C=O) groups excluding carboxylic acids is 2. The summed E-state index contributed by atoms with van der Waals surface area (Å²) in [4.78, 5) is 41.3. The SMILES string of the molecule is CCOc1cc(NC(=O)O)c(NC(=O)CC(=O)c2cccc(-c3ccnc(COC4CCCCO4)c3)c2)cc1C(F)(F)F. The highest BCUT2D eigenvalue weighted by Gasteiger charge is 2.36. The van der Waals surface area contributed by atoms with Gasteiger partial charge >= 0.3 is 12.3 Å². The molecule has 0 bridgehead atoms. The molecular weight excluding hydrogens is 571 g/mol. The van der Waals surface area contributed by atoms with Crippen LogP contribution in [-0.2, 0) is 27.1 Å². The maximum absolute atomic E-state index is 13.6. The standard InChI is InChI=1S/C30H30F3N3O7/c1-2-41-26-15-24(36-29(39)40)23(14-22(26)30(31,32)33)35-27(38)16-25(37)20-7-5-6-18(12-20)19-9-10-34-21(13-19)17-43-28-8-3-4-11-42-28/h5-7,9-10,12-15,28,36H,2-4,8,11,16-17H2,1H3,(H,35,38)(H,39,40). The first-order valence-corrected chi connectivity index (χ1v) is 13.5. The number of Topliss-reactive ketones (excluding diaryl/α,β-unsaturated/α-hetero) is 1. The van der Waals surface area contributed by atoms with Crippen LogP contribution in [0.1, 0.15) is 54.2 Å². The third-order valence-electron chi connectivity index (χ3n) is 6.45. The summed E-state index contributed by atoms with van der Waals surface area (Å²) >= 11 is 0. The van der Waals surface area contributed by atoms with Crippen LogP contribution in [0.3, 0.4) is 0 Å². The number of aromatic nitrogens is 1. The van der Waals surface area contributed by atoms with Crippen LogP contribution in [0.15, 0.2) is 54.7 Å². The molecule has 0 radical (unpaired) electrons. The number of benzene rings is 2. The van der Waals surface area contributed by atoms with E-state index in [1.165, 1.54) is 13.0 Å². The smallest absolute Gasteiger partial charge is 0.420 e. The lowest BCUT2D eigenvalue weighted by atomic mass is 10.00. The maximum Gasteiger partial charge on any atom is 0.420 e. The van der Waals surface area contributed by atoms with Gasteiger partial charge < -0.3 is 24.6 Å². The molecule has 2 heterocycles. The van der Waals surface area contributed by atoms with E-state index in [-0.39, 0.29) is 30.8 Å². The van der Waals surface area contributed by atoms with Gasteiger partial charge in [0.2, 0.25) is 5.91 Å². The van der Waals surface area contributed by atoms with E-state index in [1.54, 1.807) is 30.5 Å². The van der Waals surface area contributed by atoms with E-state index >= 15 is 0 Å². The first kappa shape index (κ1) is 31.4. The number of hydrogen-bond donors (Lipinski definition) is 3. The van der Waals surface area contributed by atoms with Crippen molar-refractivity contribution < 1.29 is 46.9 Å². The summed E-state index contributed by atoms with van der Waals surface area (Å²) in [6.07, 6.45) is -2.93. The number of rotatable bonds is 11. The third kappa shape index (κ3) is 8.75. The Hall–Kier alpha value is -4.49. The number of hydrogen-bond acceptors (Lipinski definition) is 7. The van der Waals surface area contributed by atoms with Crippen molar-refractivity contribution in [3.8, 4) is 16.9 Å². The number of halogens is 3. The Morgan fingerprint density at radius 1 is 1.05 bits per heavy atom. The van der Waals surface area contributed by atoms with Crippen molar-refractivity contribution in [2.24, 2.45) is 0 Å². The molecule has 3 aromatic rings. The Morgan fingerprint density at radius 2 is 1.81 bits per heavy atom. The molecule has 4 rings (SSSR count). The monoisotopic (exact) mass is 601 g/mol. The second-order valence-electron chi connectivity index (χ2n) is 9.63. The van der Waals surface area contributed by atoms with Crippen molar-refractivity contribution in [2.45, 2.75) is 51.7 Å². The largest absolute Gasteiger partial charge is 0.493 e. The fourth-order valence-corrected chi connectivity index (χ4v) is 4.47. The summed E-state index contributed by atoms with van der Waals surface area (Å²) in [6, 6.07) is 11.5. The predicted molar refractivity (Wildman–Crippen MR) is 150 cm³/mol. The van der Waals surface area contributed by atoms with Crippen LogP contribution < -0.4 is 15.4 Å². The lowest BCUT2D eigenvalue weighted by Gasteiger charge is -2.22. The molecule has 1 fully saturated rings. The molecule has 1 aliphatic rings. The molecule has 0 spiro atoms. The summed E-state index contributed by atoms with van der Waals surface area (Å²) in [5.41, 5.74) is 0.266. The number of ketones is 1. The zero-order valence-electron chi connectivity index (χ0n) is 23.2. The topological polar surface area (TPSA) is 136 Å². The Bertz CT molecular complexity index is 1470. The highest BCUT2D eigenvalue weighted by molar-refractivity contribution is 6.12. The Kier molecular flexibility index (Phi) is 10.3. The van der Waals surface area contributed by atoms with Gasteiger partial charge in [0.15, 0.2) is 12.1 Å². The quantitative estimate of drug-likeness (QED) is 0.167. The second kappa shape index (κ2) is 14.1. The maximum atomic E-state index is 13.6. The Labute approximate surface area is 245 Å². The van der Waals surface area contributed by atoms with Gasteiger partial charge in [-0.15, -0.1) is 0 Å². The van der Waals surface area contributed by atoms with Crippen molar-refractivity contribution >= 4 is 29.2 Å². The molecule has 13 heteroatoms. The van der Waals surface area contributed by atoms with Crippen molar-refractivity contribution in [3.63, 3.8) is 0 Å². The minimum Gasteiger partial charge on any atom is -0.493 e. The number of pyridine rings is 1. The van der Waals surface area contributed by atoms with E-state index in [2.05, 4.69) is 10.3 Å². The Balaban J connectivity index is 1.48. The lowest BCUT2D eigenvalue weighted by molar-refractivity contribution is -0.169. The number of carbonyl (C=O) groups is 3. The normalized spacial score (nSPS) is 15.0. The van der Waals surface area contributed by atoms with Crippen LogP contribution in [0.5, 0.6) is 5.75 Å². The van der Waals surface area contributed by atoms with Gasteiger partial charge in [-0.2, -0.15) is 13.2 Å².